The van der Waals surface area contributed by atoms with Crippen LogP contribution in [-0.2, 0) is 11.2 Å². The van der Waals surface area contributed by atoms with Crippen molar-refractivity contribution in [1.82, 2.24) is 0 Å². The third-order valence-corrected chi connectivity index (χ3v) is 2.24. The zero-order valence-electron chi connectivity index (χ0n) is 8.25. The van der Waals surface area contributed by atoms with E-state index in [1.807, 2.05) is 0 Å². The lowest BCUT2D eigenvalue weighted by Gasteiger charge is -2.05. The van der Waals surface area contributed by atoms with Gasteiger partial charge in [0, 0.05) is 0 Å². The second-order valence-corrected chi connectivity index (χ2v) is 3.48. The minimum Gasteiger partial charge on any atom is -0.480 e. The van der Waals surface area contributed by atoms with E-state index in [0.29, 0.717) is 10.7 Å². The zero-order valence-corrected chi connectivity index (χ0v) is 8.25. The third kappa shape index (κ3) is 1.96. The lowest BCUT2D eigenvalue weighted by molar-refractivity contribution is -0.138. The van der Waals surface area contributed by atoms with Crippen LogP contribution in [0.25, 0.3) is 0 Å². The van der Waals surface area contributed by atoms with E-state index < -0.39 is 18.0 Å². The van der Waals surface area contributed by atoms with Gasteiger partial charge in [-0.05, 0) is 24.1 Å². The quantitative estimate of drug-likeness (QED) is 0.681. The number of benzene rings is 1. The van der Waals surface area contributed by atoms with Crippen LogP contribution in [-0.4, -0.2) is 23.1 Å². The zero-order chi connectivity index (χ0) is 11.7. The summed E-state index contributed by atoms with van der Waals surface area (Å²) < 4.78 is 0. The van der Waals surface area contributed by atoms with E-state index >= 15 is 0 Å². The van der Waals surface area contributed by atoms with Crippen LogP contribution in [0.2, 0.25) is 0 Å². The van der Waals surface area contributed by atoms with Gasteiger partial charge in [-0.15, -0.1) is 0 Å². The van der Waals surface area contributed by atoms with E-state index in [-0.39, 0.29) is 6.42 Å². The second kappa shape index (κ2) is 3.82. The van der Waals surface area contributed by atoms with E-state index in [1.165, 1.54) is 0 Å². The number of carboxylic acid groups (broad SMARTS) is 1. The number of carboxylic acids is 1. The molecule has 0 aromatic heterocycles. The summed E-state index contributed by atoms with van der Waals surface area (Å²) in [6, 6.07) is 3.47. The number of urea groups is 1. The highest BCUT2D eigenvalue weighted by atomic mass is 16.4. The number of nitrogens with zero attached hydrogens (tertiary/aromatic N) is 2. The fraction of sp³-hybridized carbons (Fsp3) is 0.200. The number of carbonyl (C=O) groups is 2. The Kier molecular flexibility index (Phi) is 2.49. The Morgan fingerprint density at radius 2 is 2.06 bits per heavy atom. The maximum Gasteiger partial charge on any atom is 0.368 e. The fourth-order valence-electron chi connectivity index (χ4n) is 1.45. The Morgan fingerprint density at radius 1 is 1.38 bits per heavy atom. The van der Waals surface area contributed by atoms with Gasteiger partial charge in [0.2, 0.25) is 0 Å². The van der Waals surface area contributed by atoms with Crippen LogP contribution >= 0.6 is 0 Å². The van der Waals surface area contributed by atoms with Gasteiger partial charge >= 0.3 is 12.0 Å². The summed E-state index contributed by atoms with van der Waals surface area (Å²) in [4.78, 5) is 28.8. The average Bonchev–Trinajstić information content (AvgIpc) is 2.57. The molecule has 0 aliphatic carbocycles. The second-order valence-electron chi connectivity index (χ2n) is 3.48. The number of aliphatic carboxylic acids is 1. The molecule has 16 heavy (non-hydrogen) atoms. The fourth-order valence-corrected chi connectivity index (χ4v) is 1.45. The molecule has 6 nitrogen and oxygen atoms in total. The van der Waals surface area contributed by atoms with Gasteiger partial charge in [0.05, 0.1) is 10.7 Å². The van der Waals surface area contributed by atoms with E-state index in [2.05, 4.69) is 9.98 Å². The number of amides is 2. The average molecular weight is 219 g/mol. The lowest BCUT2D eigenvalue weighted by atomic mass is 10.1. The summed E-state index contributed by atoms with van der Waals surface area (Å²) in [6.45, 7) is 0. The number of hydrogen-bond acceptors (Lipinski definition) is 3. The number of hydrogen-bond donors (Lipinski definition) is 2. The molecule has 1 aliphatic rings. The molecule has 0 unspecified atom stereocenters. The van der Waals surface area contributed by atoms with Crippen LogP contribution in [0.5, 0.6) is 0 Å². The molecule has 0 bridgehead atoms. The molecule has 1 aliphatic heterocycles. The minimum atomic E-state index is -1.06. The molecule has 2 amide bonds. The molecule has 1 heterocycles. The van der Waals surface area contributed by atoms with Gasteiger partial charge in [-0.2, -0.15) is 9.98 Å². The maximum absolute atomic E-state index is 10.9. The smallest absolute Gasteiger partial charge is 0.368 e. The van der Waals surface area contributed by atoms with Gasteiger partial charge in [0.1, 0.15) is 6.04 Å². The molecular formula is C10H9N3O3. The highest BCUT2D eigenvalue weighted by molar-refractivity contribution is 5.77. The Bertz CT molecular complexity index is 579. The highest BCUT2D eigenvalue weighted by Gasteiger charge is 2.13. The van der Waals surface area contributed by atoms with Crippen LogP contribution in [0.4, 0.5) is 4.79 Å². The predicted molar refractivity (Wildman–Crippen MR) is 53.5 cm³/mol. The summed E-state index contributed by atoms with van der Waals surface area (Å²) in [7, 11) is 0. The topological polar surface area (TPSA) is 105 Å². The van der Waals surface area contributed by atoms with E-state index in [1.54, 1.807) is 18.2 Å². The largest absolute Gasteiger partial charge is 0.480 e. The minimum absolute atomic E-state index is 0.201. The van der Waals surface area contributed by atoms with Crippen molar-refractivity contribution in [2.24, 2.45) is 15.7 Å². The van der Waals surface area contributed by atoms with Gasteiger partial charge in [-0.3, -0.25) is 4.79 Å². The summed E-state index contributed by atoms with van der Waals surface area (Å²) in [6.07, 6.45) is 0.201. The first-order valence-electron chi connectivity index (χ1n) is 4.65. The summed E-state index contributed by atoms with van der Waals surface area (Å²) in [5, 5.41) is 9.64. The van der Waals surface area contributed by atoms with Crippen molar-refractivity contribution in [2.75, 3.05) is 0 Å². The van der Waals surface area contributed by atoms with Gasteiger partial charge in [-0.1, -0.05) is 6.07 Å². The maximum atomic E-state index is 10.9. The number of fused-ring (bicyclic) bond motifs is 1. The SMILES string of the molecule is N[C@@H](Cc1ccc2c(c1)=NC(=O)N=2)C(=O)O. The van der Waals surface area contributed by atoms with Crippen molar-refractivity contribution in [1.29, 1.82) is 0 Å². The first kappa shape index (κ1) is 10.4. The van der Waals surface area contributed by atoms with Gasteiger partial charge in [0.15, 0.2) is 0 Å². The van der Waals surface area contributed by atoms with Crippen LogP contribution in [0.3, 0.4) is 0 Å². The molecule has 0 saturated heterocycles. The molecule has 1 aromatic carbocycles. The molecule has 0 spiro atoms. The van der Waals surface area contributed by atoms with Crippen LogP contribution in [0, 0.1) is 0 Å². The summed E-state index contributed by atoms with van der Waals surface area (Å²) >= 11 is 0. The van der Waals surface area contributed by atoms with Crippen molar-refractivity contribution in [3.05, 3.63) is 34.5 Å². The summed E-state index contributed by atoms with van der Waals surface area (Å²) in [5.41, 5.74) is 6.12. The van der Waals surface area contributed by atoms with Crippen molar-refractivity contribution >= 4 is 12.0 Å². The molecule has 0 radical (unpaired) electrons. The van der Waals surface area contributed by atoms with Crippen molar-refractivity contribution in [3.63, 3.8) is 0 Å². The molecule has 82 valence electrons. The molecule has 0 saturated carbocycles. The van der Waals surface area contributed by atoms with Gasteiger partial charge < -0.3 is 10.8 Å². The van der Waals surface area contributed by atoms with Gasteiger partial charge in [-0.25, -0.2) is 4.79 Å². The van der Waals surface area contributed by atoms with Crippen LogP contribution < -0.4 is 16.4 Å². The predicted octanol–water partition coefficient (Wildman–Crippen LogP) is -0.986. The standard InChI is InChI=1S/C10H9N3O3/c11-6(9(14)15)3-5-1-2-7-8(4-5)13-10(16)12-7/h1-2,4,6H,3,11H2,(H,14,15)/t6-/m0/s1. The molecule has 1 atom stereocenters. The van der Waals surface area contributed by atoms with Crippen molar-refractivity contribution in [2.45, 2.75) is 12.5 Å². The highest BCUT2D eigenvalue weighted by Crippen LogP contribution is 1.99. The number of rotatable bonds is 3. The lowest BCUT2D eigenvalue weighted by Crippen LogP contribution is -2.33. The molecule has 0 fully saturated rings. The molecule has 6 heteroatoms. The Morgan fingerprint density at radius 3 is 2.75 bits per heavy atom. The number of nitrogens with two attached hydrogens (primary N) is 1. The third-order valence-electron chi connectivity index (χ3n) is 2.24. The summed E-state index contributed by atoms with van der Waals surface area (Å²) in [5.74, 6) is -1.06. The molecular weight excluding hydrogens is 210 g/mol. The molecule has 1 aromatic rings. The first-order valence-corrected chi connectivity index (χ1v) is 4.65. The first-order chi connectivity index (χ1) is 7.56. The normalized spacial score (nSPS) is 14.9. The molecule has 3 N–H and O–H groups in total. The number of carbonyl (C=O) groups excluding carboxylic acids is 1. The van der Waals surface area contributed by atoms with Crippen molar-refractivity contribution < 1.29 is 14.7 Å². The molecule has 2 rings (SSSR count). The van der Waals surface area contributed by atoms with Gasteiger partial charge in [0.25, 0.3) is 0 Å². The van der Waals surface area contributed by atoms with Crippen LogP contribution in [0.1, 0.15) is 5.56 Å². The monoisotopic (exact) mass is 219 g/mol. The van der Waals surface area contributed by atoms with E-state index in [9.17, 15) is 9.59 Å². The van der Waals surface area contributed by atoms with Crippen LogP contribution in [0.15, 0.2) is 28.2 Å². The van der Waals surface area contributed by atoms with Crippen molar-refractivity contribution in [3.8, 4) is 0 Å². The Hall–Kier alpha value is -2.08. The Labute approximate surface area is 90.1 Å². The van der Waals surface area contributed by atoms with E-state index in [4.69, 9.17) is 10.8 Å². The van der Waals surface area contributed by atoms with E-state index in [0.717, 1.165) is 5.56 Å². The Balaban J connectivity index is 2.31.